The minimum Gasteiger partial charge on any atom is -0.370 e. The minimum atomic E-state index is -1.49. The van der Waals surface area contributed by atoms with Gasteiger partial charge in [0.15, 0.2) is 0 Å². The topological polar surface area (TPSA) is 122 Å². The highest BCUT2D eigenvalue weighted by Crippen LogP contribution is 2.54. The third kappa shape index (κ3) is 2.87. The summed E-state index contributed by atoms with van der Waals surface area (Å²) in [5, 5.41) is 6.24. The number of carbonyl (C=O) groups excluding carboxylic acids is 4. The molecule has 1 spiro atoms. The second-order valence-electron chi connectivity index (χ2n) is 8.41. The van der Waals surface area contributed by atoms with Gasteiger partial charge in [-0.1, -0.05) is 54.1 Å². The number of likely N-dealkylation sites (tertiary alicyclic amines) is 1. The maximum Gasteiger partial charge on any atom is 0.250 e. The Balaban J connectivity index is 1.55. The number of primary amides is 1. The molecular weight excluding hydrogens is 432 g/mol. The van der Waals surface area contributed by atoms with Crippen molar-refractivity contribution >= 4 is 40.9 Å². The van der Waals surface area contributed by atoms with Crippen LogP contribution in [-0.2, 0) is 31.1 Å². The molecule has 2 aromatic rings. The van der Waals surface area contributed by atoms with Gasteiger partial charge >= 0.3 is 0 Å². The van der Waals surface area contributed by atoms with E-state index in [0.717, 1.165) is 5.56 Å². The van der Waals surface area contributed by atoms with Crippen molar-refractivity contribution in [2.45, 2.75) is 24.4 Å². The highest BCUT2D eigenvalue weighted by atomic mass is 35.5. The van der Waals surface area contributed by atoms with Gasteiger partial charge in [0, 0.05) is 24.6 Å². The smallest absolute Gasteiger partial charge is 0.250 e. The molecule has 0 radical (unpaired) electrons. The molecule has 4 N–H and O–H groups in total. The highest BCUT2D eigenvalue weighted by molar-refractivity contribution is 6.35. The lowest BCUT2D eigenvalue weighted by molar-refractivity contribution is -0.142. The number of imide groups is 1. The number of rotatable bonds is 5. The summed E-state index contributed by atoms with van der Waals surface area (Å²) in [4.78, 5) is 53.2. The number of hydrogen-bond donors (Lipinski definition) is 3. The highest BCUT2D eigenvalue weighted by Gasteiger charge is 2.70. The third-order valence-electron chi connectivity index (χ3n) is 6.68. The SMILES string of the molecule is NC(=O)CC1NC2(C(=O)Nc3c(Cl)cccc32)C2C(=O)N(CCc3ccccc3)C(=O)C12. The van der Waals surface area contributed by atoms with Crippen LogP contribution in [0.25, 0.3) is 0 Å². The normalized spacial score (nSPS) is 28.2. The zero-order valence-corrected chi connectivity index (χ0v) is 17.8. The number of benzene rings is 2. The first kappa shape index (κ1) is 20.7. The largest absolute Gasteiger partial charge is 0.370 e. The van der Waals surface area contributed by atoms with Crippen LogP contribution in [0.5, 0.6) is 0 Å². The van der Waals surface area contributed by atoms with E-state index in [2.05, 4.69) is 10.6 Å². The van der Waals surface area contributed by atoms with Gasteiger partial charge in [0.25, 0.3) is 0 Å². The van der Waals surface area contributed by atoms with Crippen molar-refractivity contribution in [3.8, 4) is 0 Å². The first-order chi connectivity index (χ1) is 15.3. The lowest BCUT2D eigenvalue weighted by Crippen LogP contribution is -2.53. The van der Waals surface area contributed by atoms with Crippen LogP contribution >= 0.6 is 11.6 Å². The van der Waals surface area contributed by atoms with Gasteiger partial charge in [-0.05, 0) is 18.1 Å². The van der Waals surface area contributed by atoms with Gasteiger partial charge in [-0.3, -0.25) is 29.4 Å². The Morgan fingerprint density at radius 1 is 1.06 bits per heavy atom. The molecule has 2 saturated heterocycles. The molecule has 0 aromatic heterocycles. The van der Waals surface area contributed by atoms with Crippen LogP contribution in [-0.4, -0.2) is 41.1 Å². The van der Waals surface area contributed by atoms with E-state index < -0.39 is 47.0 Å². The molecule has 4 unspecified atom stereocenters. The van der Waals surface area contributed by atoms with Crippen molar-refractivity contribution in [2.75, 3.05) is 11.9 Å². The average Bonchev–Trinajstić information content (AvgIpc) is 3.33. The second kappa shape index (κ2) is 7.43. The molecule has 0 saturated carbocycles. The van der Waals surface area contributed by atoms with Gasteiger partial charge in [-0.25, -0.2) is 0 Å². The Morgan fingerprint density at radius 2 is 1.81 bits per heavy atom. The van der Waals surface area contributed by atoms with Crippen molar-refractivity contribution in [1.29, 1.82) is 0 Å². The van der Waals surface area contributed by atoms with Crippen LogP contribution < -0.4 is 16.4 Å². The van der Waals surface area contributed by atoms with E-state index in [1.54, 1.807) is 18.2 Å². The number of nitrogens with one attached hydrogen (secondary N) is 2. The summed E-state index contributed by atoms with van der Waals surface area (Å²) in [7, 11) is 0. The van der Waals surface area contributed by atoms with Crippen molar-refractivity contribution in [3.05, 3.63) is 64.7 Å². The lowest BCUT2D eigenvalue weighted by Gasteiger charge is -2.29. The summed E-state index contributed by atoms with van der Waals surface area (Å²) in [6.45, 7) is 0.193. The summed E-state index contributed by atoms with van der Waals surface area (Å²) in [6, 6.07) is 13.8. The average molecular weight is 453 g/mol. The number of hydrogen-bond acceptors (Lipinski definition) is 5. The van der Waals surface area contributed by atoms with Crippen LogP contribution in [0, 0.1) is 11.8 Å². The molecule has 32 heavy (non-hydrogen) atoms. The fraction of sp³-hybridized carbons (Fsp3) is 0.304. The van der Waals surface area contributed by atoms with Gasteiger partial charge in [-0.2, -0.15) is 0 Å². The van der Waals surface area contributed by atoms with E-state index in [-0.39, 0.29) is 13.0 Å². The minimum absolute atomic E-state index is 0.169. The van der Waals surface area contributed by atoms with E-state index in [4.69, 9.17) is 17.3 Å². The zero-order valence-electron chi connectivity index (χ0n) is 17.0. The number of nitrogens with zero attached hydrogens (tertiary/aromatic N) is 1. The number of anilines is 1. The Hall–Kier alpha value is -3.23. The quantitative estimate of drug-likeness (QED) is 0.588. The maximum absolute atomic E-state index is 13.6. The lowest BCUT2D eigenvalue weighted by atomic mass is 9.76. The maximum atomic E-state index is 13.6. The van der Waals surface area contributed by atoms with Crippen LogP contribution in [0.4, 0.5) is 5.69 Å². The van der Waals surface area contributed by atoms with Crippen molar-refractivity contribution in [1.82, 2.24) is 10.2 Å². The summed E-state index contributed by atoms with van der Waals surface area (Å²) < 4.78 is 0. The summed E-state index contributed by atoms with van der Waals surface area (Å²) in [5.41, 5.74) is 5.85. The molecule has 8 nitrogen and oxygen atoms in total. The van der Waals surface area contributed by atoms with Crippen molar-refractivity contribution < 1.29 is 19.2 Å². The Kier molecular flexibility index (Phi) is 4.79. The number of carbonyl (C=O) groups is 4. The standard InChI is InChI=1S/C23H21ClN4O4/c24-14-8-4-7-13-19(14)26-22(32)23(13)18-17(15(27-23)11-16(25)29)20(30)28(21(18)31)10-9-12-5-2-1-3-6-12/h1-8,15,17-18,27H,9-11H2,(H2,25,29)(H,26,32). The summed E-state index contributed by atoms with van der Waals surface area (Å²) >= 11 is 6.29. The molecule has 0 aliphatic carbocycles. The molecule has 3 aliphatic rings. The Morgan fingerprint density at radius 3 is 2.53 bits per heavy atom. The van der Waals surface area contributed by atoms with Gasteiger partial charge in [0.2, 0.25) is 23.6 Å². The van der Waals surface area contributed by atoms with E-state index in [9.17, 15) is 19.2 Å². The fourth-order valence-corrected chi connectivity index (χ4v) is 5.57. The van der Waals surface area contributed by atoms with Gasteiger partial charge in [0.05, 0.1) is 22.5 Å². The van der Waals surface area contributed by atoms with Crippen LogP contribution in [0.2, 0.25) is 5.02 Å². The van der Waals surface area contributed by atoms with Crippen molar-refractivity contribution in [3.63, 3.8) is 0 Å². The molecule has 4 amide bonds. The molecule has 4 atom stereocenters. The molecule has 3 aliphatic heterocycles. The number of nitrogens with two attached hydrogens (primary N) is 1. The van der Waals surface area contributed by atoms with Gasteiger partial charge in [0.1, 0.15) is 5.54 Å². The third-order valence-corrected chi connectivity index (χ3v) is 6.99. The first-order valence-electron chi connectivity index (χ1n) is 10.4. The second-order valence-corrected chi connectivity index (χ2v) is 8.82. The molecule has 3 heterocycles. The van der Waals surface area contributed by atoms with Gasteiger partial charge in [-0.15, -0.1) is 0 Å². The molecule has 5 rings (SSSR count). The van der Waals surface area contributed by atoms with E-state index in [0.29, 0.717) is 22.7 Å². The van der Waals surface area contributed by atoms with Crippen LogP contribution in [0.3, 0.4) is 0 Å². The molecule has 2 fully saturated rings. The predicted octanol–water partition coefficient (Wildman–Crippen LogP) is 1.18. The first-order valence-corrected chi connectivity index (χ1v) is 10.8. The summed E-state index contributed by atoms with van der Waals surface area (Å²) in [6.07, 6.45) is 0.324. The van der Waals surface area contributed by atoms with E-state index in [1.807, 2.05) is 30.3 Å². The van der Waals surface area contributed by atoms with Crippen molar-refractivity contribution in [2.24, 2.45) is 17.6 Å². The van der Waals surface area contributed by atoms with E-state index >= 15 is 0 Å². The fourth-order valence-electron chi connectivity index (χ4n) is 5.35. The molecule has 9 heteroatoms. The number of amides is 4. The van der Waals surface area contributed by atoms with E-state index in [1.165, 1.54) is 4.90 Å². The molecule has 2 aromatic carbocycles. The molecule has 164 valence electrons. The Bertz CT molecular complexity index is 1150. The number of halogens is 1. The monoisotopic (exact) mass is 452 g/mol. The molecular formula is C23H21ClN4O4. The number of fused-ring (bicyclic) bond motifs is 4. The predicted molar refractivity (Wildman–Crippen MR) is 116 cm³/mol. The summed E-state index contributed by atoms with van der Waals surface area (Å²) in [5.74, 6) is -3.77. The number of para-hydroxylation sites is 1. The van der Waals surface area contributed by atoms with Gasteiger partial charge < -0.3 is 11.1 Å². The Labute approximate surface area is 189 Å². The zero-order chi connectivity index (χ0) is 22.6. The van der Waals surface area contributed by atoms with Crippen LogP contribution in [0.1, 0.15) is 17.5 Å². The molecule has 0 bridgehead atoms. The van der Waals surface area contributed by atoms with Crippen LogP contribution in [0.15, 0.2) is 48.5 Å².